The number of carbonyl (C=O) groups is 4. The molecule has 0 radical (unpaired) electrons. The van der Waals surface area contributed by atoms with E-state index in [0.29, 0.717) is 11.3 Å². The number of halogens is 1. The predicted molar refractivity (Wildman–Crippen MR) is 136 cm³/mol. The molecule has 3 rings (SSSR count). The summed E-state index contributed by atoms with van der Waals surface area (Å²) >= 11 is 6.80. The average Bonchev–Trinajstić information content (AvgIpc) is 3.08. The second kappa shape index (κ2) is 11.9. The van der Waals surface area contributed by atoms with Crippen molar-refractivity contribution in [1.29, 1.82) is 0 Å². The van der Waals surface area contributed by atoms with Crippen LogP contribution < -0.4 is 10.1 Å². The van der Waals surface area contributed by atoms with Gasteiger partial charge in [0.05, 0.1) is 28.2 Å². The van der Waals surface area contributed by atoms with Crippen molar-refractivity contribution in [2.75, 3.05) is 18.5 Å². The molecule has 0 spiro atoms. The fraction of sp³-hybridized carbons (Fsp3) is 0.280. The molecular formula is C25H25ClN2O6S. The molecule has 0 aliphatic carbocycles. The molecule has 1 aliphatic rings. The SMILES string of the molecule is CCOC(=O)c1cc(NC(=O)CN2C(=O)S/C(=C/c3ccccc3O[C@H](C)CC)C2=O)ccc1Cl. The van der Waals surface area contributed by atoms with Gasteiger partial charge in [-0.15, -0.1) is 0 Å². The lowest BCUT2D eigenvalue weighted by Crippen LogP contribution is -2.36. The van der Waals surface area contributed by atoms with E-state index < -0.39 is 29.6 Å². The first-order chi connectivity index (χ1) is 16.7. The molecule has 1 fully saturated rings. The number of hydrogen-bond acceptors (Lipinski definition) is 7. The number of esters is 1. The summed E-state index contributed by atoms with van der Waals surface area (Å²) in [5.41, 5.74) is 1.04. The highest BCUT2D eigenvalue weighted by molar-refractivity contribution is 8.18. The topological polar surface area (TPSA) is 102 Å². The van der Waals surface area contributed by atoms with E-state index in [1.165, 1.54) is 18.2 Å². The van der Waals surface area contributed by atoms with Crippen LogP contribution in [0.1, 0.15) is 43.1 Å². The molecule has 1 saturated heterocycles. The highest BCUT2D eigenvalue weighted by atomic mass is 35.5. The van der Waals surface area contributed by atoms with Gasteiger partial charge in [-0.05, 0) is 62.4 Å². The Morgan fingerprint density at radius 3 is 2.63 bits per heavy atom. The number of hydrogen-bond donors (Lipinski definition) is 1. The second-order valence-corrected chi connectivity index (χ2v) is 9.01. The number of thioether (sulfide) groups is 1. The van der Waals surface area contributed by atoms with Gasteiger partial charge in [0.25, 0.3) is 11.1 Å². The lowest BCUT2D eigenvalue weighted by Gasteiger charge is -2.15. The number of amides is 3. The largest absolute Gasteiger partial charge is 0.490 e. The molecule has 1 atom stereocenters. The van der Waals surface area contributed by atoms with Gasteiger partial charge < -0.3 is 14.8 Å². The lowest BCUT2D eigenvalue weighted by atomic mass is 10.1. The maximum atomic E-state index is 12.9. The molecule has 184 valence electrons. The normalized spacial score (nSPS) is 15.3. The van der Waals surface area contributed by atoms with E-state index in [4.69, 9.17) is 21.1 Å². The van der Waals surface area contributed by atoms with Gasteiger partial charge in [0.2, 0.25) is 5.91 Å². The zero-order chi connectivity index (χ0) is 25.5. The zero-order valence-corrected chi connectivity index (χ0v) is 21.1. The molecule has 8 nitrogen and oxygen atoms in total. The quantitative estimate of drug-likeness (QED) is 0.353. The highest BCUT2D eigenvalue weighted by Gasteiger charge is 2.36. The number of anilines is 1. The molecule has 10 heteroatoms. The summed E-state index contributed by atoms with van der Waals surface area (Å²) in [6.45, 7) is 5.31. The van der Waals surface area contributed by atoms with E-state index >= 15 is 0 Å². The first-order valence-electron chi connectivity index (χ1n) is 11.0. The molecule has 2 aromatic rings. The van der Waals surface area contributed by atoms with Crippen molar-refractivity contribution < 1.29 is 28.7 Å². The Morgan fingerprint density at radius 2 is 1.91 bits per heavy atom. The molecule has 35 heavy (non-hydrogen) atoms. The van der Waals surface area contributed by atoms with Crippen molar-refractivity contribution >= 4 is 58.1 Å². The van der Waals surface area contributed by atoms with Crippen LogP contribution in [-0.4, -0.2) is 47.2 Å². The second-order valence-electron chi connectivity index (χ2n) is 7.61. The first-order valence-corrected chi connectivity index (χ1v) is 12.2. The van der Waals surface area contributed by atoms with E-state index in [0.717, 1.165) is 23.1 Å². The lowest BCUT2D eigenvalue weighted by molar-refractivity contribution is -0.127. The van der Waals surface area contributed by atoms with Gasteiger partial charge >= 0.3 is 5.97 Å². The van der Waals surface area contributed by atoms with Crippen LogP contribution >= 0.6 is 23.4 Å². The van der Waals surface area contributed by atoms with Crippen molar-refractivity contribution in [2.24, 2.45) is 0 Å². The number of nitrogens with one attached hydrogen (secondary N) is 1. The van der Waals surface area contributed by atoms with Crippen LogP contribution in [0.3, 0.4) is 0 Å². The molecule has 1 N–H and O–H groups in total. The smallest absolute Gasteiger partial charge is 0.339 e. The maximum absolute atomic E-state index is 12.9. The standard InChI is InChI=1S/C25H25ClN2O6S/c1-4-15(3)34-20-9-7-6-8-16(20)12-21-23(30)28(25(32)35-21)14-22(29)27-17-10-11-19(26)18(13-17)24(31)33-5-2/h6-13,15H,4-5,14H2,1-3H3,(H,27,29)/b21-12+/t15-/m1/s1. The number of imide groups is 1. The molecule has 3 amide bonds. The molecular weight excluding hydrogens is 492 g/mol. The van der Waals surface area contributed by atoms with Gasteiger partial charge in [-0.2, -0.15) is 0 Å². The van der Waals surface area contributed by atoms with Crippen molar-refractivity contribution in [2.45, 2.75) is 33.3 Å². The van der Waals surface area contributed by atoms with Gasteiger partial charge in [0, 0.05) is 11.3 Å². The molecule has 0 unspecified atom stereocenters. The predicted octanol–water partition coefficient (Wildman–Crippen LogP) is 5.37. The van der Waals surface area contributed by atoms with Gasteiger partial charge in [-0.3, -0.25) is 19.3 Å². The minimum atomic E-state index is -0.623. The molecule has 2 aromatic carbocycles. The summed E-state index contributed by atoms with van der Waals surface area (Å²) in [5, 5.41) is 2.20. The van der Waals surface area contributed by atoms with Crippen LogP contribution in [0.4, 0.5) is 10.5 Å². The average molecular weight is 517 g/mol. The number of carbonyl (C=O) groups excluding carboxylic acids is 4. The summed E-state index contributed by atoms with van der Waals surface area (Å²) in [7, 11) is 0. The molecule has 1 aliphatic heterocycles. The zero-order valence-electron chi connectivity index (χ0n) is 19.5. The number of benzene rings is 2. The van der Waals surface area contributed by atoms with E-state index in [1.807, 2.05) is 26.0 Å². The summed E-state index contributed by atoms with van der Waals surface area (Å²) in [4.78, 5) is 51.0. The summed E-state index contributed by atoms with van der Waals surface area (Å²) in [6, 6.07) is 11.6. The Kier molecular flexibility index (Phi) is 8.95. The van der Waals surface area contributed by atoms with Crippen LogP contribution in [0.5, 0.6) is 5.75 Å². The summed E-state index contributed by atoms with van der Waals surface area (Å²) in [5.74, 6) is -1.20. The van der Waals surface area contributed by atoms with Crippen molar-refractivity contribution in [3.63, 3.8) is 0 Å². The minimum Gasteiger partial charge on any atom is -0.490 e. The summed E-state index contributed by atoms with van der Waals surface area (Å²) < 4.78 is 10.9. The van der Waals surface area contributed by atoms with Crippen LogP contribution in [-0.2, 0) is 14.3 Å². The minimum absolute atomic E-state index is 0.0134. The van der Waals surface area contributed by atoms with Crippen molar-refractivity contribution in [1.82, 2.24) is 4.90 Å². The molecule has 1 heterocycles. The van der Waals surface area contributed by atoms with Crippen LogP contribution in [0, 0.1) is 0 Å². The van der Waals surface area contributed by atoms with E-state index in [-0.39, 0.29) is 33.9 Å². The summed E-state index contributed by atoms with van der Waals surface area (Å²) in [6.07, 6.45) is 2.39. The Bertz CT molecular complexity index is 1180. The fourth-order valence-electron chi connectivity index (χ4n) is 3.10. The molecule has 0 bridgehead atoms. The van der Waals surface area contributed by atoms with Gasteiger partial charge in [0.1, 0.15) is 12.3 Å². The van der Waals surface area contributed by atoms with Gasteiger partial charge in [-0.25, -0.2) is 4.79 Å². The third-order valence-electron chi connectivity index (χ3n) is 5.03. The maximum Gasteiger partial charge on any atom is 0.339 e. The first kappa shape index (κ1) is 26.3. The number of ether oxygens (including phenoxy) is 2. The van der Waals surface area contributed by atoms with Gasteiger partial charge in [-0.1, -0.05) is 36.7 Å². The Labute approximate surface area is 212 Å². The number of nitrogens with zero attached hydrogens (tertiary/aromatic N) is 1. The van der Waals surface area contributed by atoms with Gasteiger partial charge in [0.15, 0.2) is 0 Å². The van der Waals surface area contributed by atoms with E-state index in [9.17, 15) is 19.2 Å². The third-order valence-corrected chi connectivity index (χ3v) is 6.27. The number of para-hydroxylation sites is 1. The highest BCUT2D eigenvalue weighted by Crippen LogP contribution is 2.34. The fourth-order valence-corrected chi connectivity index (χ4v) is 4.12. The van der Waals surface area contributed by atoms with Crippen LogP contribution in [0.15, 0.2) is 47.4 Å². The van der Waals surface area contributed by atoms with Crippen LogP contribution in [0.2, 0.25) is 5.02 Å². The third kappa shape index (κ3) is 6.64. The Morgan fingerprint density at radius 1 is 1.17 bits per heavy atom. The Balaban J connectivity index is 1.71. The molecule has 0 aromatic heterocycles. The van der Waals surface area contributed by atoms with E-state index in [1.54, 1.807) is 25.1 Å². The Hall–Kier alpha value is -3.30. The van der Waals surface area contributed by atoms with Crippen LogP contribution in [0.25, 0.3) is 6.08 Å². The van der Waals surface area contributed by atoms with Crippen molar-refractivity contribution in [3.05, 3.63) is 63.5 Å². The van der Waals surface area contributed by atoms with Crippen molar-refractivity contribution in [3.8, 4) is 5.75 Å². The monoisotopic (exact) mass is 516 g/mol. The number of rotatable bonds is 9. The van der Waals surface area contributed by atoms with E-state index in [2.05, 4.69) is 5.32 Å². The molecule has 0 saturated carbocycles.